The minimum Gasteiger partial charge on any atom is -0.384 e. The zero-order valence-corrected chi connectivity index (χ0v) is 8.13. The van der Waals surface area contributed by atoms with Crippen LogP contribution in [-0.2, 0) is 4.74 Å². The van der Waals surface area contributed by atoms with Crippen LogP contribution in [0.5, 0.6) is 0 Å². The van der Waals surface area contributed by atoms with Crippen LogP contribution in [0.3, 0.4) is 0 Å². The van der Waals surface area contributed by atoms with Gasteiger partial charge in [-0.25, -0.2) is 0 Å². The van der Waals surface area contributed by atoms with Crippen molar-refractivity contribution in [2.75, 3.05) is 26.8 Å². The summed E-state index contributed by atoms with van der Waals surface area (Å²) in [6.07, 6.45) is 0. The smallest absolute Gasteiger partial charge is 0.188 e. The lowest BCUT2D eigenvalue weighted by Gasteiger charge is -2.07. The Bertz CT molecular complexity index is 136. The molecule has 0 aliphatic rings. The molecule has 0 aromatic carbocycles. The molecule has 0 aliphatic heterocycles. The van der Waals surface area contributed by atoms with Crippen molar-refractivity contribution in [1.82, 2.24) is 5.32 Å². The zero-order valence-electron chi connectivity index (χ0n) is 8.13. The number of methoxy groups -OCH3 is 1. The number of hydrogen-bond donors (Lipinski definition) is 2. The number of nitrogens with two attached hydrogens (primary N) is 1. The van der Waals surface area contributed by atoms with E-state index in [9.17, 15) is 0 Å². The number of ether oxygens (including phenoxy) is 1. The molecular weight excluding hydrogens is 154 g/mol. The third-order valence-corrected chi connectivity index (χ3v) is 1.38. The van der Waals surface area contributed by atoms with E-state index >= 15 is 0 Å². The highest BCUT2D eigenvalue weighted by molar-refractivity contribution is 5.77. The fourth-order valence-corrected chi connectivity index (χ4v) is 0.828. The standard InChI is InChI=1S/C8H19N3O/c1-4-10-8(9)11-5-7(2)6-12-3/h7H,4-6H2,1-3H3,(H3,9,10,11). The molecule has 0 rings (SSSR count). The van der Waals surface area contributed by atoms with E-state index in [2.05, 4.69) is 17.2 Å². The van der Waals surface area contributed by atoms with Crippen molar-refractivity contribution in [3.05, 3.63) is 0 Å². The first-order chi connectivity index (χ1) is 5.70. The number of rotatable bonds is 5. The van der Waals surface area contributed by atoms with Crippen molar-refractivity contribution in [2.24, 2.45) is 16.6 Å². The molecule has 3 N–H and O–H groups in total. The number of aliphatic imine (C=N–C) groups is 1. The van der Waals surface area contributed by atoms with E-state index in [1.165, 1.54) is 0 Å². The van der Waals surface area contributed by atoms with Gasteiger partial charge in [0, 0.05) is 20.2 Å². The molecule has 0 saturated carbocycles. The molecule has 0 aromatic rings. The van der Waals surface area contributed by atoms with Crippen LogP contribution in [-0.4, -0.2) is 32.8 Å². The van der Waals surface area contributed by atoms with Gasteiger partial charge >= 0.3 is 0 Å². The maximum atomic E-state index is 5.53. The Hall–Kier alpha value is -0.770. The van der Waals surface area contributed by atoms with Gasteiger partial charge in [-0.1, -0.05) is 6.92 Å². The second-order valence-corrected chi connectivity index (χ2v) is 2.82. The minimum atomic E-state index is 0.423. The van der Waals surface area contributed by atoms with Crippen molar-refractivity contribution in [1.29, 1.82) is 0 Å². The Morgan fingerprint density at radius 3 is 2.83 bits per heavy atom. The van der Waals surface area contributed by atoms with Crippen molar-refractivity contribution in [3.63, 3.8) is 0 Å². The summed E-state index contributed by atoms with van der Waals surface area (Å²) >= 11 is 0. The molecule has 12 heavy (non-hydrogen) atoms. The average Bonchev–Trinajstić information content (AvgIpc) is 2.02. The lowest BCUT2D eigenvalue weighted by Crippen LogP contribution is -2.32. The van der Waals surface area contributed by atoms with Crippen molar-refractivity contribution in [3.8, 4) is 0 Å². The summed E-state index contributed by atoms with van der Waals surface area (Å²) in [6, 6.07) is 0. The molecule has 4 heteroatoms. The summed E-state index contributed by atoms with van der Waals surface area (Å²) < 4.78 is 4.97. The van der Waals surface area contributed by atoms with E-state index in [4.69, 9.17) is 10.5 Å². The number of hydrogen-bond acceptors (Lipinski definition) is 2. The highest BCUT2D eigenvalue weighted by Crippen LogP contribution is 1.94. The predicted octanol–water partition coefficient (Wildman–Crippen LogP) is 0.193. The molecule has 0 saturated heterocycles. The van der Waals surface area contributed by atoms with Gasteiger partial charge in [-0.2, -0.15) is 0 Å². The fraction of sp³-hybridized carbons (Fsp3) is 0.875. The first kappa shape index (κ1) is 11.2. The highest BCUT2D eigenvalue weighted by Gasteiger charge is 1.99. The molecular formula is C8H19N3O. The molecule has 0 bridgehead atoms. The Balaban J connectivity index is 3.55. The Kier molecular flexibility index (Phi) is 6.47. The topological polar surface area (TPSA) is 59.6 Å². The van der Waals surface area contributed by atoms with Gasteiger partial charge in [-0.15, -0.1) is 0 Å². The maximum Gasteiger partial charge on any atom is 0.188 e. The SMILES string of the molecule is CCNC(N)=NCC(C)COC. The van der Waals surface area contributed by atoms with Gasteiger partial charge in [-0.3, -0.25) is 4.99 Å². The average molecular weight is 173 g/mol. The fourth-order valence-electron chi connectivity index (χ4n) is 0.828. The number of nitrogens with one attached hydrogen (secondary N) is 1. The summed E-state index contributed by atoms with van der Waals surface area (Å²) in [6.45, 7) is 6.32. The number of guanidine groups is 1. The quantitative estimate of drug-likeness (QED) is 0.461. The van der Waals surface area contributed by atoms with Gasteiger partial charge in [0.05, 0.1) is 6.61 Å². The molecule has 0 aliphatic carbocycles. The summed E-state index contributed by atoms with van der Waals surface area (Å²) in [5.41, 5.74) is 5.53. The van der Waals surface area contributed by atoms with Gasteiger partial charge in [0.15, 0.2) is 5.96 Å². The molecule has 0 heterocycles. The van der Waals surface area contributed by atoms with E-state index in [-0.39, 0.29) is 0 Å². The van der Waals surface area contributed by atoms with Crippen LogP contribution >= 0.6 is 0 Å². The first-order valence-electron chi connectivity index (χ1n) is 4.23. The van der Waals surface area contributed by atoms with Crippen molar-refractivity contribution >= 4 is 5.96 Å². The van der Waals surface area contributed by atoms with Crippen LogP contribution in [0.2, 0.25) is 0 Å². The summed E-state index contributed by atoms with van der Waals surface area (Å²) in [5, 5.41) is 2.93. The zero-order chi connectivity index (χ0) is 9.40. The van der Waals surface area contributed by atoms with Crippen LogP contribution in [0.1, 0.15) is 13.8 Å². The molecule has 0 amide bonds. The van der Waals surface area contributed by atoms with Crippen LogP contribution in [0.25, 0.3) is 0 Å². The summed E-state index contributed by atoms with van der Waals surface area (Å²) in [4.78, 5) is 4.14. The van der Waals surface area contributed by atoms with Gasteiger partial charge in [0.25, 0.3) is 0 Å². The lowest BCUT2D eigenvalue weighted by molar-refractivity contribution is 0.163. The molecule has 0 aromatic heterocycles. The normalized spacial score (nSPS) is 14.4. The van der Waals surface area contributed by atoms with Crippen LogP contribution in [0, 0.1) is 5.92 Å². The highest BCUT2D eigenvalue weighted by atomic mass is 16.5. The maximum absolute atomic E-state index is 5.53. The van der Waals surface area contributed by atoms with Crippen LogP contribution < -0.4 is 11.1 Å². The van der Waals surface area contributed by atoms with Gasteiger partial charge in [0.2, 0.25) is 0 Å². The Morgan fingerprint density at radius 1 is 1.67 bits per heavy atom. The van der Waals surface area contributed by atoms with E-state index in [0.717, 1.165) is 13.2 Å². The second kappa shape index (κ2) is 6.91. The first-order valence-corrected chi connectivity index (χ1v) is 4.23. The van der Waals surface area contributed by atoms with Gasteiger partial charge < -0.3 is 15.8 Å². The lowest BCUT2D eigenvalue weighted by atomic mass is 10.2. The second-order valence-electron chi connectivity index (χ2n) is 2.82. The molecule has 1 unspecified atom stereocenters. The van der Waals surface area contributed by atoms with Crippen LogP contribution in [0.15, 0.2) is 4.99 Å². The molecule has 72 valence electrons. The molecule has 0 radical (unpaired) electrons. The third-order valence-electron chi connectivity index (χ3n) is 1.38. The minimum absolute atomic E-state index is 0.423. The van der Waals surface area contributed by atoms with Gasteiger partial charge in [-0.05, 0) is 12.8 Å². The molecule has 1 atom stereocenters. The van der Waals surface area contributed by atoms with Crippen LogP contribution in [0.4, 0.5) is 0 Å². The monoisotopic (exact) mass is 173 g/mol. The Labute approximate surface area is 74.2 Å². The summed E-state index contributed by atoms with van der Waals surface area (Å²) in [7, 11) is 1.69. The van der Waals surface area contributed by atoms with E-state index in [0.29, 0.717) is 18.4 Å². The molecule has 0 fully saturated rings. The largest absolute Gasteiger partial charge is 0.384 e. The van der Waals surface area contributed by atoms with Crippen molar-refractivity contribution < 1.29 is 4.74 Å². The predicted molar refractivity (Wildman–Crippen MR) is 51.2 cm³/mol. The molecule has 0 spiro atoms. The third kappa shape index (κ3) is 5.97. The molecule has 4 nitrogen and oxygen atoms in total. The van der Waals surface area contributed by atoms with Crippen molar-refractivity contribution in [2.45, 2.75) is 13.8 Å². The van der Waals surface area contributed by atoms with E-state index in [1.54, 1.807) is 7.11 Å². The van der Waals surface area contributed by atoms with E-state index < -0.39 is 0 Å². The summed E-state index contributed by atoms with van der Waals surface area (Å²) in [5.74, 6) is 0.938. The van der Waals surface area contributed by atoms with E-state index in [1.807, 2.05) is 6.92 Å². The van der Waals surface area contributed by atoms with Gasteiger partial charge in [0.1, 0.15) is 0 Å². The number of nitrogens with zero attached hydrogens (tertiary/aromatic N) is 1. The Morgan fingerprint density at radius 2 is 2.33 bits per heavy atom.